The molecule has 1 aromatic heterocycles. The molecule has 0 bridgehead atoms. The maximum atomic E-state index is 12.5. The van der Waals surface area contributed by atoms with Gasteiger partial charge in [-0.05, 0) is 26.3 Å². The van der Waals surface area contributed by atoms with Crippen molar-refractivity contribution in [3.63, 3.8) is 0 Å². The first kappa shape index (κ1) is 18.6. The molecule has 0 saturated heterocycles. The fourth-order valence-electron chi connectivity index (χ4n) is 2.30. The van der Waals surface area contributed by atoms with Gasteiger partial charge >= 0.3 is 0 Å². The third kappa shape index (κ3) is 4.63. The molecule has 0 aliphatic rings. The number of nitrogens with zero attached hydrogens (tertiary/aromatic N) is 1. The fraction of sp³-hybridized carbons (Fsp3) is 0.444. The van der Waals surface area contributed by atoms with Crippen molar-refractivity contribution in [3.8, 4) is 0 Å². The van der Waals surface area contributed by atoms with Crippen molar-refractivity contribution in [2.75, 3.05) is 7.11 Å². The molecule has 1 amide bonds. The van der Waals surface area contributed by atoms with Crippen molar-refractivity contribution < 1.29 is 14.6 Å². The number of rotatable bonds is 7. The number of benzene rings is 1. The molecule has 24 heavy (non-hydrogen) atoms. The molecule has 1 heterocycles. The molecule has 5 nitrogen and oxygen atoms in total. The van der Waals surface area contributed by atoms with Gasteiger partial charge in [-0.25, -0.2) is 4.98 Å². The molecule has 0 saturated carbocycles. The van der Waals surface area contributed by atoms with Crippen molar-refractivity contribution in [1.82, 2.24) is 10.3 Å². The van der Waals surface area contributed by atoms with Crippen LogP contribution in [0.15, 0.2) is 30.3 Å². The second-order valence-electron chi connectivity index (χ2n) is 5.86. The van der Waals surface area contributed by atoms with Gasteiger partial charge in [0.05, 0.1) is 17.8 Å². The van der Waals surface area contributed by atoms with E-state index in [0.29, 0.717) is 17.0 Å². The summed E-state index contributed by atoms with van der Waals surface area (Å²) in [6.07, 6.45) is -0.297. The number of aliphatic hydroxyl groups is 1. The zero-order valence-corrected chi connectivity index (χ0v) is 15.3. The largest absolute Gasteiger partial charge is 0.391 e. The van der Waals surface area contributed by atoms with Crippen molar-refractivity contribution in [2.45, 2.75) is 45.4 Å². The Hall–Kier alpha value is -1.76. The minimum Gasteiger partial charge on any atom is -0.391 e. The van der Waals surface area contributed by atoms with Gasteiger partial charge in [0.15, 0.2) is 0 Å². The Morgan fingerprint density at radius 3 is 2.62 bits per heavy atom. The number of aryl methyl sites for hydroxylation is 1. The summed E-state index contributed by atoms with van der Waals surface area (Å²) >= 11 is 1.33. The SMILES string of the molecule is COC(C)c1nc(C)c(C(=O)NC(C)C(O)Cc2ccccc2)s1. The Morgan fingerprint density at radius 1 is 1.33 bits per heavy atom. The number of aromatic nitrogens is 1. The molecule has 0 radical (unpaired) electrons. The van der Waals surface area contributed by atoms with Crippen molar-refractivity contribution >= 4 is 17.2 Å². The van der Waals surface area contributed by atoms with E-state index in [9.17, 15) is 9.90 Å². The number of carbonyl (C=O) groups excluding carboxylic acids is 1. The van der Waals surface area contributed by atoms with E-state index >= 15 is 0 Å². The van der Waals surface area contributed by atoms with Crippen LogP contribution in [-0.4, -0.2) is 35.3 Å². The summed E-state index contributed by atoms with van der Waals surface area (Å²) in [7, 11) is 1.61. The van der Waals surface area contributed by atoms with Gasteiger partial charge in [0.1, 0.15) is 16.0 Å². The molecule has 0 spiro atoms. The Kier molecular flexibility index (Phi) is 6.48. The molecule has 0 aliphatic heterocycles. The molecule has 0 aliphatic carbocycles. The fourth-order valence-corrected chi connectivity index (χ4v) is 3.30. The lowest BCUT2D eigenvalue weighted by molar-refractivity contribution is 0.0855. The minimum atomic E-state index is -0.651. The second kappa shape index (κ2) is 8.37. The van der Waals surface area contributed by atoms with Crippen LogP contribution in [0.5, 0.6) is 0 Å². The minimum absolute atomic E-state index is 0.142. The highest BCUT2D eigenvalue weighted by Gasteiger charge is 2.22. The molecular formula is C18H24N2O3S. The molecule has 2 rings (SSSR count). The number of carbonyl (C=O) groups is 1. The number of ether oxygens (including phenoxy) is 1. The van der Waals surface area contributed by atoms with Gasteiger partial charge in [0.25, 0.3) is 5.91 Å². The monoisotopic (exact) mass is 348 g/mol. The molecule has 0 fully saturated rings. The number of amides is 1. The van der Waals surface area contributed by atoms with Crippen molar-refractivity contribution in [1.29, 1.82) is 0 Å². The van der Waals surface area contributed by atoms with Crippen LogP contribution in [0, 0.1) is 6.92 Å². The van der Waals surface area contributed by atoms with Crippen LogP contribution in [0.2, 0.25) is 0 Å². The molecule has 2 N–H and O–H groups in total. The Labute approximate surface area is 146 Å². The Bertz CT molecular complexity index is 672. The van der Waals surface area contributed by atoms with Crippen molar-refractivity contribution in [3.05, 3.63) is 51.5 Å². The highest BCUT2D eigenvalue weighted by Crippen LogP contribution is 2.25. The van der Waals surface area contributed by atoms with E-state index in [-0.39, 0.29) is 18.1 Å². The summed E-state index contributed by atoms with van der Waals surface area (Å²) in [5.74, 6) is -0.209. The topological polar surface area (TPSA) is 71.5 Å². The van der Waals surface area contributed by atoms with Crippen LogP contribution < -0.4 is 5.32 Å². The zero-order chi connectivity index (χ0) is 17.7. The quantitative estimate of drug-likeness (QED) is 0.807. The van der Waals surface area contributed by atoms with Gasteiger partial charge < -0.3 is 15.2 Å². The Morgan fingerprint density at radius 2 is 2.00 bits per heavy atom. The summed E-state index contributed by atoms with van der Waals surface area (Å²) in [5, 5.41) is 14.0. The molecular weight excluding hydrogens is 324 g/mol. The predicted octanol–water partition coefficient (Wildman–Crippen LogP) is 2.88. The summed E-state index contributed by atoms with van der Waals surface area (Å²) in [4.78, 5) is 17.4. The maximum absolute atomic E-state index is 12.5. The average Bonchev–Trinajstić information content (AvgIpc) is 2.96. The van der Waals surface area contributed by atoms with E-state index in [2.05, 4.69) is 10.3 Å². The normalized spacial score (nSPS) is 14.9. The number of aliphatic hydroxyl groups excluding tert-OH is 1. The number of methoxy groups -OCH3 is 1. The van der Waals surface area contributed by atoms with E-state index in [1.165, 1.54) is 11.3 Å². The molecule has 1 aromatic carbocycles. The average molecular weight is 348 g/mol. The van der Waals surface area contributed by atoms with Gasteiger partial charge in [-0.2, -0.15) is 0 Å². The first-order chi connectivity index (χ1) is 11.4. The maximum Gasteiger partial charge on any atom is 0.263 e. The van der Waals surface area contributed by atoms with E-state index in [1.54, 1.807) is 14.0 Å². The lowest BCUT2D eigenvalue weighted by Gasteiger charge is -2.20. The number of thiazole rings is 1. The zero-order valence-electron chi connectivity index (χ0n) is 14.4. The highest BCUT2D eigenvalue weighted by atomic mass is 32.1. The molecule has 2 aromatic rings. The van der Waals surface area contributed by atoms with Crippen LogP contribution in [0.25, 0.3) is 0 Å². The third-order valence-corrected chi connectivity index (χ3v) is 5.26. The van der Waals surface area contributed by atoms with Gasteiger partial charge in [-0.3, -0.25) is 4.79 Å². The summed E-state index contributed by atoms with van der Waals surface area (Å²) in [5.41, 5.74) is 1.72. The van der Waals surface area contributed by atoms with Gasteiger partial charge in [-0.15, -0.1) is 11.3 Å². The van der Waals surface area contributed by atoms with Crippen LogP contribution >= 0.6 is 11.3 Å². The van der Waals surface area contributed by atoms with Crippen LogP contribution in [0.4, 0.5) is 0 Å². The van der Waals surface area contributed by atoms with Gasteiger partial charge in [0, 0.05) is 13.5 Å². The van der Waals surface area contributed by atoms with Crippen LogP contribution in [-0.2, 0) is 11.2 Å². The smallest absolute Gasteiger partial charge is 0.263 e. The van der Waals surface area contributed by atoms with E-state index in [1.807, 2.05) is 44.2 Å². The van der Waals surface area contributed by atoms with E-state index < -0.39 is 6.10 Å². The predicted molar refractivity (Wildman–Crippen MR) is 95.4 cm³/mol. The number of hydrogen-bond donors (Lipinski definition) is 2. The lowest BCUT2D eigenvalue weighted by atomic mass is 10.0. The Balaban J connectivity index is 1.99. The van der Waals surface area contributed by atoms with Crippen LogP contribution in [0.3, 0.4) is 0 Å². The third-order valence-electron chi connectivity index (χ3n) is 3.94. The van der Waals surface area contributed by atoms with E-state index in [0.717, 1.165) is 10.6 Å². The first-order valence-electron chi connectivity index (χ1n) is 7.95. The molecule has 3 unspecified atom stereocenters. The molecule has 130 valence electrons. The standard InChI is InChI=1S/C18H24N2O3S/c1-11(15(21)10-14-8-6-5-7-9-14)19-17(22)16-12(2)20-18(24-16)13(3)23-4/h5-9,11,13,15,21H,10H2,1-4H3,(H,19,22). The van der Waals surface area contributed by atoms with Gasteiger partial charge in [-0.1, -0.05) is 30.3 Å². The molecule has 3 atom stereocenters. The second-order valence-corrected chi connectivity index (χ2v) is 6.89. The molecule has 6 heteroatoms. The van der Waals surface area contributed by atoms with Crippen LogP contribution in [0.1, 0.15) is 45.9 Å². The lowest BCUT2D eigenvalue weighted by Crippen LogP contribution is -2.42. The van der Waals surface area contributed by atoms with Gasteiger partial charge in [0.2, 0.25) is 0 Å². The number of nitrogens with one attached hydrogen (secondary N) is 1. The van der Waals surface area contributed by atoms with E-state index in [4.69, 9.17) is 4.74 Å². The summed E-state index contributed by atoms with van der Waals surface area (Å²) < 4.78 is 5.25. The highest BCUT2D eigenvalue weighted by molar-refractivity contribution is 7.13. The summed E-state index contributed by atoms with van der Waals surface area (Å²) in [6, 6.07) is 9.37. The van der Waals surface area contributed by atoms with Crippen molar-refractivity contribution in [2.24, 2.45) is 0 Å². The summed E-state index contributed by atoms with van der Waals surface area (Å²) in [6.45, 7) is 5.51. The first-order valence-corrected chi connectivity index (χ1v) is 8.77. The number of hydrogen-bond acceptors (Lipinski definition) is 5.